The summed E-state index contributed by atoms with van der Waals surface area (Å²) in [6, 6.07) is 3.26. The number of thiazole rings is 1. The highest BCUT2D eigenvalue weighted by atomic mass is 32.1. The van der Waals surface area contributed by atoms with Gasteiger partial charge in [-0.15, -0.1) is 11.3 Å². The van der Waals surface area contributed by atoms with Crippen LogP contribution >= 0.6 is 11.3 Å². The average Bonchev–Trinajstić information content (AvgIpc) is 2.83. The number of hydrogen-bond acceptors (Lipinski definition) is 4. The molecule has 2 aromatic rings. The first-order valence-corrected chi connectivity index (χ1v) is 6.37. The van der Waals surface area contributed by atoms with Crippen LogP contribution in [0.4, 0.5) is 4.39 Å². The lowest BCUT2D eigenvalue weighted by Crippen LogP contribution is -2.22. The highest BCUT2D eigenvalue weighted by Gasteiger charge is 2.06. The maximum absolute atomic E-state index is 12.7. The van der Waals surface area contributed by atoms with E-state index in [9.17, 15) is 4.39 Å². The fraction of sp³-hybridized carbons (Fsp3) is 0.333. The third kappa shape index (κ3) is 3.57. The first-order valence-electron chi connectivity index (χ1n) is 5.49. The maximum Gasteiger partial charge on any atom is 0.141 e. The van der Waals surface area contributed by atoms with E-state index in [4.69, 9.17) is 0 Å². The van der Waals surface area contributed by atoms with Crippen LogP contribution in [0.2, 0.25) is 0 Å². The molecule has 17 heavy (non-hydrogen) atoms. The SMILES string of the molecule is CC(NCCc1nccs1)c1ccc(F)cn1. The zero-order valence-electron chi connectivity index (χ0n) is 9.56. The molecule has 0 bridgehead atoms. The largest absolute Gasteiger partial charge is 0.308 e. The van der Waals surface area contributed by atoms with Gasteiger partial charge in [0.05, 0.1) is 16.9 Å². The third-order valence-corrected chi connectivity index (χ3v) is 3.31. The van der Waals surface area contributed by atoms with E-state index in [0.29, 0.717) is 0 Å². The van der Waals surface area contributed by atoms with Crippen molar-refractivity contribution < 1.29 is 4.39 Å². The lowest BCUT2D eigenvalue weighted by atomic mass is 10.2. The number of pyridine rings is 1. The Balaban J connectivity index is 1.81. The molecule has 2 rings (SSSR count). The standard InChI is InChI=1S/C12H14FN3S/c1-9(11-3-2-10(13)8-16-11)14-5-4-12-15-6-7-17-12/h2-3,6-9,14H,4-5H2,1H3. The highest BCUT2D eigenvalue weighted by Crippen LogP contribution is 2.10. The molecule has 5 heteroatoms. The number of rotatable bonds is 5. The molecule has 0 amide bonds. The molecule has 0 spiro atoms. The predicted molar refractivity (Wildman–Crippen MR) is 66.4 cm³/mol. The number of aromatic nitrogens is 2. The monoisotopic (exact) mass is 251 g/mol. The van der Waals surface area contributed by atoms with E-state index < -0.39 is 0 Å². The summed E-state index contributed by atoms with van der Waals surface area (Å²) in [4.78, 5) is 8.25. The highest BCUT2D eigenvalue weighted by molar-refractivity contribution is 7.09. The van der Waals surface area contributed by atoms with E-state index in [1.165, 1.54) is 12.3 Å². The van der Waals surface area contributed by atoms with Crippen LogP contribution in [0.1, 0.15) is 23.7 Å². The van der Waals surface area contributed by atoms with Crippen molar-refractivity contribution in [1.29, 1.82) is 0 Å². The molecule has 2 aromatic heterocycles. The van der Waals surface area contributed by atoms with Gasteiger partial charge in [-0.1, -0.05) is 0 Å². The number of nitrogens with one attached hydrogen (secondary N) is 1. The first kappa shape index (κ1) is 12.1. The zero-order chi connectivity index (χ0) is 12.1. The Kier molecular flexibility index (Phi) is 4.17. The van der Waals surface area contributed by atoms with Gasteiger partial charge in [0.25, 0.3) is 0 Å². The Morgan fingerprint density at radius 1 is 1.41 bits per heavy atom. The van der Waals surface area contributed by atoms with E-state index in [1.54, 1.807) is 17.4 Å². The summed E-state index contributed by atoms with van der Waals surface area (Å²) < 4.78 is 12.7. The van der Waals surface area contributed by atoms with Crippen LogP contribution in [0, 0.1) is 5.82 Å². The second kappa shape index (κ2) is 5.84. The molecular formula is C12H14FN3S. The number of hydrogen-bond donors (Lipinski definition) is 1. The fourth-order valence-corrected chi connectivity index (χ4v) is 2.14. The summed E-state index contributed by atoms with van der Waals surface area (Å²) in [6.07, 6.45) is 3.96. The van der Waals surface area contributed by atoms with E-state index in [-0.39, 0.29) is 11.9 Å². The van der Waals surface area contributed by atoms with Gasteiger partial charge in [-0.05, 0) is 19.1 Å². The molecule has 0 aliphatic rings. The van der Waals surface area contributed by atoms with Gasteiger partial charge in [0, 0.05) is 30.6 Å². The minimum absolute atomic E-state index is 0.121. The minimum Gasteiger partial charge on any atom is -0.308 e. The molecule has 0 saturated carbocycles. The molecule has 0 aromatic carbocycles. The van der Waals surface area contributed by atoms with Gasteiger partial charge in [0.15, 0.2) is 0 Å². The van der Waals surface area contributed by atoms with E-state index in [1.807, 2.05) is 18.5 Å². The summed E-state index contributed by atoms with van der Waals surface area (Å²) in [5, 5.41) is 6.43. The first-order chi connectivity index (χ1) is 8.25. The molecule has 1 atom stereocenters. The zero-order valence-corrected chi connectivity index (χ0v) is 10.4. The smallest absolute Gasteiger partial charge is 0.141 e. The van der Waals surface area contributed by atoms with Gasteiger partial charge >= 0.3 is 0 Å². The van der Waals surface area contributed by atoms with Crippen molar-refractivity contribution in [3.63, 3.8) is 0 Å². The van der Waals surface area contributed by atoms with Crippen molar-refractivity contribution >= 4 is 11.3 Å². The molecule has 0 radical (unpaired) electrons. The molecule has 1 N–H and O–H groups in total. The summed E-state index contributed by atoms with van der Waals surface area (Å²) in [7, 11) is 0. The molecular weight excluding hydrogens is 237 g/mol. The van der Waals surface area contributed by atoms with E-state index in [2.05, 4.69) is 15.3 Å². The Morgan fingerprint density at radius 3 is 2.94 bits per heavy atom. The average molecular weight is 251 g/mol. The summed E-state index contributed by atoms with van der Waals surface area (Å²) >= 11 is 1.66. The fourth-order valence-electron chi connectivity index (χ4n) is 1.52. The van der Waals surface area contributed by atoms with Gasteiger partial charge in [-0.2, -0.15) is 0 Å². The second-order valence-corrected chi connectivity index (χ2v) is 4.73. The number of nitrogens with zero attached hydrogens (tertiary/aromatic N) is 2. The van der Waals surface area contributed by atoms with Crippen LogP contribution in [0.15, 0.2) is 29.9 Å². The molecule has 90 valence electrons. The Morgan fingerprint density at radius 2 is 2.29 bits per heavy atom. The summed E-state index contributed by atoms with van der Waals surface area (Å²) in [6.45, 7) is 2.86. The van der Waals surface area contributed by atoms with Gasteiger partial charge in [-0.3, -0.25) is 4.98 Å². The van der Waals surface area contributed by atoms with Crippen LogP contribution in [0.25, 0.3) is 0 Å². The molecule has 0 saturated heterocycles. The van der Waals surface area contributed by atoms with Crippen molar-refractivity contribution in [2.24, 2.45) is 0 Å². The van der Waals surface area contributed by atoms with Crippen LogP contribution < -0.4 is 5.32 Å². The van der Waals surface area contributed by atoms with Crippen LogP contribution in [0.3, 0.4) is 0 Å². The van der Waals surface area contributed by atoms with Crippen LogP contribution in [-0.2, 0) is 6.42 Å². The number of halogens is 1. The van der Waals surface area contributed by atoms with Gasteiger partial charge in [-0.25, -0.2) is 9.37 Å². The van der Waals surface area contributed by atoms with E-state index >= 15 is 0 Å². The van der Waals surface area contributed by atoms with Crippen molar-refractivity contribution in [3.8, 4) is 0 Å². The van der Waals surface area contributed by atoms with Gasteiger partial charge in [0.1, 0.15) is 5.82 Å². The molecule has 0 fully saturated rings. The van der Waals surface area contributed by atoms with Crippen LogP contribution in [-0.4, -0.2) is 16.5 Å². The molecule has 2 heterocycles. The van der Waals surface area contributed by atoms with Gasteiger partial charge in [0.2, 0.25) is 0 Å². The van der Waals surface area contributed by atoms with E-state index in [0.717, 1.165) is 23.7 Å². The lowest BCUT2D eigenvalue weighted by Gasteiger charge is -2.12. The van der Waals surface area contributed by atoms with Crippen molar-refractivity contribution in [3.05, 3.63) is 46.4 Å². The topological polar surface area (TPSA) is 37.8 Å². The minimum atomic E-state index is -0.302. The Bertz CT molecular complexity index is 441. The Labute approximate surface area is 104 Å². The van der Waals surface area contributed by atoms with Crippen molar-refractivity contribution in [1.82, 2.24) is 15.3 Å². The maximum atomic E-state index is 12.7. The van der Waals surface area contributed by atoms with Crippen molar-refractivity contribution in [2.75, 3.05) is 6.54 Å². The van der Waals surface area contributed by atoms with Crippen molar-refractivity contribution in [2.45, 2.75) is 19.4 Å². The third-order valence-electron chi connectivity index (χ3n) is 2.47. The normalized spacial score (nSPS) is 12.6. The second-order valence-electron chi connectivity index (χ2n) is 3.75. The predicted octanol–water partition coefficient (Wildman–Crippen LogP) is 2.57. The molecule has 3 nitrogen and oxygen atoms in total. The van der Waals surface area contributed by atoms with Gasteiger partial charge < -0.3 is 5.32 Å². The summed E-state index contributed by atoms with van der Waals surface area (Å²) in [5.41, 5.74) is 0.852. The summed E-state index contributed by atoms with van der Waals surface area (Å²) in [5.74, 6) is -0.302. The molecule has 0 aliphatic carbocycles. The van der Waals surface area contributed by atoms with Crippen LogP contribution in [0.5, 0.6) is 0 Å². The molecule has 1 unspecified atom stereocenters. The molecule has 0 aliphatic heterocycles. The lowest BCUT2D eigenvalue weighted by molar-refractivity contribution is 0.556. The quantitative estimate of drug-likeness (QED) is 0.887. The Hall–Kier alpha value is -1.33.